The summed E-state index contributed by atoms with van der Waals surface area (Å²) in [6, 6.07) is 9.26. The molecule has 4 rings (SSSR count). The van der Waals surface area contributed by atoms with Crippen LogP contribution in [0.5, 0.6) is 0 Å². The molecule has 0 amide bonds. The van der Waals surface area contributed by atoms with Crippen LogP contribution in [-0.2, 0) is 4.74 Å². The first kappa shape index (κ1) is 18.4. The van der Waals surface area contributed by atoms with Crippen molar-refractivity contribution in [1.29, 1.82) is 0 Å². The maximum Gasteiger partial charge on any atom is 0.164 e. The molecule has 28 heavy (non-hydrogen) atoms. The Balaban J connectivity index is 1.70. The zero-order chi connectivity index (χ0) is 19.9. The van der Waals surface area contributed by atoms with Crippen LogP contribution in [0.15, 0.2) is 42.9 Å². The Morgan fingerprint density at radius 2 is 2.21 bits per heavy atom. The normalized spacial score (nSPS) is 27.0. The van der Waals surface area contributed by atoms with Crippen LogP contribution >= 0.6 is 0 Å². The predicted octanol–water partition coefficient (Wildman–Crippen LogP) is 1.12. The SMILES string of the molecule is C#Cc1cccc(Nc2ncnc3c2ccn3[C@@H]2O[C@H](CN)[C@@](C)(O)[C@H]2O)c1. The first-order valence-corrected chi connectivity index (χ1v) is 8.87. The van der Waals surface area contributed by atoms with Crippen LogP contribution in [0.25, 0.3) is 11.0 Å². The molecule has 1 aliphatic rings. The van der Waals surface area contributed by atoms with Crippen molar-refractivity contribution in [2.45, 2.75) is 31.0 Å². The van der Waals surface area contributed by atoms with Crippen LogP contribution in [-0.4, -0.2) is 49.1 Å². The summed E-state index contributed by atoms with van der Waals surface area (Å²) in [6.07, 6.45) is 5.97. The number of aliphatic hydroxyl groups is 2. The fraction of sp³-hybridized carbons (Fsp3) is 0.300. The minimum Gasteiger partial charge on any atom is -0.385 e. The molecule has 1 fully saturated rings. The Hall–Kier alpha value is -2.96. The largest absolute Gasteiger partial charge is 0.385 e. The van der Waals surface area contributed by atoms with Crippen molar-refractivity contribution in [2.24, 2.45) is 5.73 Å². The van der Waals surface area contributed by atoms with Gasteiger partial charge >= 0.3 is 0 Å². The third-order valence-electron chi connectivity index (χ3n) is 5.11. The zero-order valence-corrected chi connectivity index (χ0v) is 15.3. The molecule has 1 aromatic carbocycles. The standard InChI is InChI=1S/C20H21N5O3/c1-3-12-5-4-6-13(9-12)24-17-14-7-8-25(18(14)23-11-22-17)19-16(26)20(2,27)15(10-21)28-19/h1,4-9,11,15-16,19,26-27H,10,21H2,2H3,(H,22,23,24)/t15-,16+,19-,20-/m1/s1. The van der Waals surface area contributed by atoms with Crippen LogP contribution in [0.2, 0.25) is 0 Å². The summed E-state index contributed by atoms with van der Waals surface area (Å²) in [4.78, 5) is 8.65. The van der Waals surface area contributed by atoms with E-state index >= 15 is 0 Å². The maximum absolute atomic E-state index is 10.6. The average Bonchev–Trinajstić information content (AvgIpc) is 3.22. The van der Waals surface area contributed by atoms with Crippen molar-refractivity contribution in [2.75, 3.05) is 11.9 Å². The molecule has 0 unspecified atom stereocenters. The van der Waals surface area contributed by atoms with Crippen molar-refractivity contribution in [1.82, 2.24) is 14.5 Å². The highest BCUT2D eigenvalue weighted by molar-refractivity contribution is 5.89. The van der Waals surface area contributed by atoms with Gasteiger partial charge in [0.15, 0.2) is 6.23 Å². The van der Waals surface area contributed by atoms with Gasteiger partial charge in [-0.1, -0.05) is 12.0 Å². The molecule has 3 heterocycles. The van der Waals surface area contributed by atoms with E-state index in [-0.39, 0.29) is 6.54 Å². The molecule has 2 aromatic heterocycles. The summed E-state index contributed by atoms with van der Waals surface area (Å²) < 4.78 is 7.49. The van der Waals surface area contributed by atoms with Gasteiger partial charge in [0.2, 0.25) is 0 Å². The monoisotopic (exact) mass is 379 g/mol. The maximum atomic E-state index is 10.6. The van der Waals surface area contributed by atoms with Crippen molar-refractivity contribution >= 4 is 22.5 Å². The van der Waals surface area contributed by atoms with Crippen LogP contribution in [0.1, 0.15) is 18.7 Å². The molecule has 144 valence electrons. The molecule has 0 bridgehead atoms. The molecule has 1 saturated heterocycles. The molecule has 0 radical (unpaired) electrons. The number of fused-ring (bicyclic) bond motifs is 1. The van der Waals surface area contributed by atoms with Crippen molar-refractivity contribution in [3.63, 3.8) is 0 Å². The second kappa shape index (κ2) is 6.89. The van der Waals surface area contributed by atoms with Gasteiger partial charge in [0.1, 0.15) is 35.6 Å². The first-order chi connectivity index (χ1) is 13.5. The van der Waals surface area contributed by atoms with Crippen LogP contribution in [0.3, 0.4) is 0 Å². The van der Waals surface area contributed by atoms with E-state index in [9.17, 15) is 10.2 Å². The number of rotatable bonds is 4. The van der Waals surface area contributed by atoms with Crippen molar-refractivity contribution in [3.05, 3.63) is 48.4 Å². The number of ether oxygens (including phenoxy) is 1. The summed E-state index contributed by atoms with van der Waals surface area (Å²) in [7, 11) is 0. The van der Waals surface area contributed by atoms with E-state index in [1.807, 2.05) is 30.3 Å². The number of aliphatic hydroxyl groups excluding tert-OH is 1. The minimum absolute atomic E-state index is 0.0903. The number of terminal acetylenes is 1. The summed E-state index contributed by atoms with van der Waals surface area (Å²) in [5.41, 5.74) is 6.33. The van der Waals surface area contributed by atoms with Gasteiger partial charge in [0, 0.05) is 24.0 Å². The third kappa shape index (κ3) is 2.91. The zero-order valence-electron chi connectivity index (χ0n) is 15.3. The molecule has 0 saturated carbocycles. The van der Waals surface area contributed by atoms with E-state index in [0.717, 1.165) is 16.6 Å². The molecular weight excluding hydrogens is 358 g/mol. The topological polar surface area (TPSA) is 118 Å². The Kier molecular flexibility index (Phi) is 4.53. The lowest BCUT2D eigenvalue weighted by Crippen LogP contribution is -2.47. The van der Waals surface area contributed by atoms with Gasteiger partial charge in [0.05, 0.1) is 5.39 Å². The first-order valence-electron chi connectivity index (χ1n) is 8.87. The minimum atomic E-state index is -1.46. The van der Waals surface area contributed by atoms with Gasteiger partial charge in [-0.25, -0.2) is 9.97 Å². The number of hydrogen-bond acceptors (Lipinski definition) is 7. The highest BCUT2D eigenvalue weighted by atomic mass is 16.6. The van der Waals surface area contributed by atoms with Crippen molar-refractivity contribution < 1.29 is 14.9 Å². The number of nitrogens with one attached hydrogen (secondary N) is 1. The van der Waals surface area contributed by atoms with Crippen molar-refractivity contribution in [3.8, 4) is 12.3 Å². The van der Waals surface area contributed by atoms with E-state index in [2.05, 4.69) is 21.2 Å². The van der Waals surface area contributed by atoms with E-state index in [0.29, 0.717) is 11.5 Å². The van der Waals surface area contributed by atoms with Gasteiger partial charge in [-0.05, 0) is 31.2 Å². The van der Waals surface area contributed by atoms with E-state index in [1.165, 1.54) is 13.3 Å². The Morgan fingerprint density at radius 3 is 2.93 bits per heavy atom. The number of benzene rings is 1. The molecular formula is C20H21N5O3. The van der Waals surface area contributed by atoms with E-state index < -0.39 is 24.0 Å². The van der Waals surface area contributed by atoms with Crippen LogP contribution < -0.4 is 11.1 Å². The molecule has 0 spiro atoms. The molecule has 1 aliphatic heterocycles. The van der Waals surface area contributed by atoms with Gasteiger partial charge in [-0.2, -0.15) is 0 Å². The smallest absolute Gasteiger partial charge is 0.164 e. The second-order valence-corrected chi connectivity index (χ2v) is 6.95. The number of aromatic nitrogens is 3. The quantitative estimate of drug-likeness (QED) is 0.502. The molecule has 5 N–H and O–H groups in total. The fourth-order valence-corrected chi connectivity index (χ4v) is 3.47. The molecule has 0 aliphatic carbocycles. The Morgan fingerprint density at radius 1 is 1.39 bits per heavy atom. The van der Waals surface area contributed by atoms with Crippen LogP contribution in [0.4, 0.5) is 11.5 Å². The lowest BCUT2D eigenvalue weighted by Gasteiger charge is -2.25. The lowest BCUT2D eigenvalue weighted by molar-refractivity contribution is -0.0601. The fourth-order valence-electron chi connectivity index (χ4n) is 3.47. The van der Waals surface area contributed by atoms with Crippen LogP contribution in [0, 0.1) is 12.3 Å². The van der Waals surface area contributed by atoms with Gasteiger partial charge in [-0.3, -0.25) is 0 Å². The number of nitrogens with zero attached hydrogens (tertiary/aromatic N) is 3. The summed E-state index contributed by atoms with van der Waals surface area (Å²) in [5.74, 6) is 3.19. The molecule has 8 nitrogen and oxygen atoms in total. The molecule has 4 atom stereocenters. The van der Waals surface area contributed by atoms with Gasteiger partial charge in [0.25, 0.3) is 0 Å². The lowest BCUT2D eigenvalue weighted by atomic mass is 9.94. The summed E-state index contributed by atoms with van der Waals surface area (Å²) in [5, 5.41) is 25.1. The van der Waals surface area contributed by atoms with Gasteiger partial charge in [-0.15, -0.1) is 6.42 Å². The van der Waals surface area contributed by atoms with E-state index in [1.54, 1.807) is 10.8 Å². The summed E-state index contributed by atoms with van der Waals surface area (Å²) in [6.45, 7) is 1.61. The van der Waals surface area contributed by atoms with E-state index in [4.69, 9.17) is 16.9 Å². The number of nitrogens with two attached hydrogens (primary N) is 1. The number of hydrogen-bond donors (Lipinski definition) is 4. The highest BCUT2D eigenvalue weighted by Crippen LogP contribution is 2.38. The summed E-state index contributed by atoms with van der Waals surface area (Å²) >= 11 is 0. The number of anilines is 2. The third-order valence-corrected chi connectivity index (χ3v) is 5.11. The molecule has 3 aromatic rings. The average molecular weight is 379 g/mol. The molecule has 8 heteroatoms. The second-order valence-electron chi connectivity index (χ2n) is 6.95. The predicted molar refractivity (Wildman–Crippen MR) is 105 cm³/mol. The highest BCUT2D eigenvalue weighted by Gasteiger charge is 2.52. The Labute approximate surface area is 162 Å². The Bertz CT molecular complexity index is 1060. The van der Waals surface area contributed by atoms with Gasteiger partial charge < -0.3 is 30.6 Å².